The fraction of sp³-hybridized carbons (Fsp3) is 0.333. The fourth-order valence-corrected chi connectivity index (χ4v) is 2.74. The minimum absolute atomic E-state index is 0.102. The Morgan fingerprint density at radius 2 is 2.18 bits per heavy atom. The first-order chi connectivity index (χ1) is 10.5. The third-order valence-corrected chi connectivity index (χ3v) is 3.89. The van der Waals surface area contributed by atoms with Gasteiger partial charge in [-0.05, 0) is 37.5 Å². The number of nitrogens with zero attached hydrogens (tertiary/aromatic N) is 3. The van der Waals surface area contributed by atoms with Gasteiger partial charge in [0.1, 0.15) is 17.3 Å². The molecule has 1 saturated heterocycles. The third-order valence-electron chi connectivity index (χ3n) is 3.89. The predicted molar refractivity (Wildman–Crippen MR) is 77.9 cm³/mol. The minimum Gasteiger partial charge on any atom is -0.480 e. The number of carboxylic acid groups (broad SMARTS) is 1. The minimum atomic E-state index is -1.05. The molecule has 2 aromatic rings. The van der Waals surface area contributed by atoms with E-state index in [4.69, 9.17) is 5.11 Å². The molecule has 114 valence electrons. The molecule has 1 amide bonds. The quantitative estimate of drug-likeness (QED) is 0.881. The number of amides is 1. The highest BCUT2D eigenvalue weighted by molar-refractivity contribution is 5.96. The summed E-state index contributed by atoms with van der Waals surface area (Å²) < 4.78 is 1.30. The average Bonchev–Trinajstić information content (AvgIpc) is 2.96. The van der Waals surface area contributed by atoms with E-state index in [2.05, 4.69) is 4.98 Å². The summed E-state index contributed by atoms with van der Waals surface area (Å²) in [4.78, 5) is 41.5. The molecule has 1 aliphatic heterocycles. The summed E-state index contributed by atoms with van der Waals surface area (Å²) in [5.41, 5.74) is 0.828. The van der Waals surface area contributed by atoms with Gasteiger partial charge in [0.2, 0.25) is 0 Å². The highest BCUT2D eigenvalue weighted by Gasteiger charge is 2.35. The Balaban J connectivity index is 2.05. The van der Waals surface area contributed by atoms with Crippen molar-refractivity contribution in [2.45, 2.75) is 25.8 Å². The maximum absolute atomic E-state index is 12.5. The maximum atomic E-state index is 12.5. The van der Waals surface area contributed by atoms with Gasteiger partial charge in [-0.15, -0.1) is 0 Å². The summed E-state index contributed by atoms with van der Waals surface area (Å²) in [6.07, 6.45) is 3.82. The second-order valence-electron chi connectivity index (χ2n) is 5.40. The summed E-state index contributed by atoms with van der Waals surface area (Å²) >= 11 is 0. The van der Waals surface area contributed by atoms with Crippen molar-refractivity contribution in [1.29, 1.82) is 0 Å². The van der Waals surface area contributed by atoms with Gasteiger partial charge in [-0.1, -0.05) is 0 Å². The normalized spacial score (nSPS) is 17.9. The molecule has 0 aliphatic carbocycles. The zero-order chi connectivity index (χ0) is 15.9. The van der Waals surface area contributed by atoms with Crippen LogP contribution >= 0.6 is 0 Å². The number of hydrogen-bond acceptors (Lipinski definition) is 4. The first-order valence-electron chi connectivity index (χ1n) is 7.01. The van der Waals surface area contributed by atoms with Crippen LogP contribution in [0.15, 0.2) is 29.3 Å². The fourth-order valence-electron chi connectivity index (χ4n) is 2.74. The second kappa shape index (κ2) is 5.25. The molecule has 3 rings (SSSR count). The van der Waals surface area contributed by atoms with Crippen LogP contribution in [0.3, 0.4) is 0 Å². The molecule has 1 aliphatic rings. The average molecular weight is 301 g/mol. The monoisotopic (exact) mass is 301 g/mol. The zero-order valence-corrected chi connectivity index (χ0v) is 12.0. The summed E-state index contributed by atoms with van der Waals surface area (Å²) in [5.74, 6) is -1.62. The molecule has 1 atom stereocenters. The predicted octanol–water partition coefficient (Wildman–Crippen LogP) is 0.692. The van der Waals surface area contributed by atoms with Crippen molar-refractivity contribution >= 4 is 17.5 Å². The molecule has 0 aromatic carbocycles. The van der Waals surface area contributed by atoms with E-state index >= 15 is 0 Å². The molecule has 7 nitrogen and oxygen atoms in total. The lowest BCUT2D eigenvalue weighted by molar-refractivity contribution is -0.141. The van der Waals surface area contributed by atoms with Crippen molar-refractivity contribution in [3.05, 3.63) is 46.0 Å². The van der Waals surface area contributed by atoms with Gasteiger partial charge in [0.15, 0.2) is 0 Å². The smallest absolute Gasteiger partial charge is 0.326 e. The van der Waals surface area contributed by atoms with Crippen LogP contribution in [0.5, 0.6) is 0 Å². The SMILES string of the molecule is Cc1ccn2c(=O)c(C(=O)N3CCC[C@@H]3C(=O)O)cnc2c1. The van der Waals surface area contributed by atoms with Gasteiger partial charge in [-0.25, -0.2) is 9.78 Å². The lowest BCUT2D eigenvalue weighted by atomic mass is 10.2. The first-order valence-corrected chi connectivity index (χ1v) is 7.01. The van der Waals surface area contributed by atoms with Crippen LogP contribution in [-0.4, -0.2) is 43.9 Å². The van der Waals surface area contributed by atoms with Crippen molar-refractivity contribution in [3.8, 4) is 0 Å². The molecule has 0 bridgehead atoms. The summed E-state index contributed by atoms with van der Waals surface area (Å²) in [5, 5.41) is 9.16. The van der Waals surface area contributed by atoms with Crippen molar-refractivity contribution in [1.82, 2.24) is 14.3 Å². The van der Waals surface area contributed by atoms with E-state index in [0.717, 1.165) is 5.56 Å². The number of hydrogen-bond donors (Lipinski definition) is 1. The zero-order valence-electron chi connectivity index (χ0n) is 12.0. The van der Waals surface area contributed by atoms with Crippen molar-refractivity contribution < 1.29 is 14.7 Å². The van der Waals surface area contributed by atoms with Gasteiger partial charge in [-0.2, -0.15) is 0 Å². The summed E-state index contributed by atoms with van der Waals surface area (Å²) in [7, 11) is 0. The largest absolute Gasteiger partial charge is 0.480 e. The number of aryl methyl sites for hydroxylation is 1. The Hall–Kier alpha value is -2.70. The Morgan fingerprint density at radius 3 is 2.91 bits per heavy atom. The van der Waals surface area contributed by atoms with E-state index in [-0.39, 0.29) is 5.56 Å². The number of likely N-dealkylation sites (tertiary alicyclic amines) is 1. The highest BCUT2D eigenvalue weighted by Crippen LogP contribution is 2.19. The van der Waals surface area contributed by atoms with E-state index in [0.29, 0.717) is 25.0 Å². The Morgan fingerprint density at radius 1 is 1.41 bits per heavy atom. The van der Waals surface area contributed by atoms with Crippen molar-refractivity contribution in [2.75, 3.05) is 6.54 Å². The molecule has 3 heterocycles. The molecule has 22 heavy (non-hydrogen) atoms. The standard InChI is InChI=1S/C15H15N3O4/c1-9-4-6-18-12(7-9)16-8-10(14(18)20)13(19)17-5-2-3-11(17)15(21)22/h4,6-8,11H,2-3,5H2,1H3,(H,21,22)/t11-/m1/s1. The lowest BCUT2D eigenvalue weighted by Gasteiger charge is -2.21. The third kappa shape index (κ3) is 2.24. The van der Waals surface area contributed by atoms with E-state index in [1.807, 2.05) is 6.92 Å². The number of pyridine rings is 1. The Labute approximate surface area is 125 Å². The van der Waals surface area contributed by atoms with Gasteiger partial charge in [0.25, 0.3) is 11.5 Å². The number of aromatic nitrogens is 2. The van der Waals surface area contributed by atoms with Crippen molar-refractivity contribution in [2.24, 2.45) is 0 Å². The number of aliphatic carboxylic acids is 1. The Kier molecular flexibility index (Phi) is 3.40. The van der Waals surface area contributed by atoms with Crippen LogP contribution in [0.1, 0.15) is 28.8 Å². The van der Waals surface area contributed by atoms with Crippen LogP contribution in [-0.2, 0) is 4.79 Å². The molecular weight excluding hydrogens is 286 g/mol. The van der Waals surface area contributed by atoms with Crippen LogP contribution < -0.4 is 5.56 Å². The molecule has 0 saturated carbocycles. The van der Waals surface area contributed by atoms with Gasteiger partial charge in [0.05, 0.1) is 0 Å². The van der Waals surface area contributed by atoms with E-state index in [1.54, 1.807) is 18.3 Å². The molecule has 0 radical (unpaired) electrons. The second-order valence-corrected chi connectivity index (χ2v) is 5.40. The van der Waals surface area contributed by atoms with Crippen LogP contribution in [0, 0.1) is 6.92 Å². The summed E-state index contributed by atoms with van der Waals surface area (Å²) in [6.45, 7) is 2.22. The van der Waals surface area contributed by atoms with Crippen molar-refractivity contribution in [3.63, 3.8) is 0 Å². The number of carbonyl (C=O) groups is 2. The maximum Gasteiger partial charge on any atom is 0.326 e. The highest BCUT2D eigenvalue weighted by atomic mass is 16.4. The molecule has 0 unspecified atom stereocenters. The molecule has 1 N–H and O–H groups in total. The molecule has 7 heteroatoms. The number of rotatable bonds is 2. The van der Waals surface area contributed by atoms with E-state index < -0.39 is 23.5 Å². The lowest BCUT2D eigenvalue weighted by Crippen LogP contribution is -2.42. The first kappa shape index (κ1) is 14.2. The van der Waals surface area contributed by atoms with Gasteiger partial charge in [0, 0.05) is 18.9 Å². The van der Waals surface area contributed by atoms with Crippen LogP contribution in [0.2, 0.25) is 0 Å². The van der Waals surface area contributed by atoms with Crippen LogP contribution in [0.25, 0.3) is 5.65 Å². The van der Waals surface area contributed by atoms with Crippen LogP contribution in [0.4, 0.5) is 0 Å². The molecule has 2 aromatic heterocycles. The van der Waals surface area contributed by atoms with Gasteiger partial charge < -0.3 is 10.0 Å². The van der Waals surface area contributed by atoms with E-state index in [9.17, 15) is 14.4 Å². The summed E-state index contributed by atoms with van der Waals surface area (Å²) in [6, 6.07) is 2.62. The van der Waals surface area contributed by atoms with Gasteiger partial charge in [-0.3, -0.25) is 14.0 Å². The molecule has 0 spiro atoms. The number of carbonyl (C=O) groups excluding carboxylic acids is 1. The van der Waals surface area contributed by atoms with E-state index in [1.165, 1.54) is 15.5 Å². The number of carboxylic acids is 1. The van der Waals surface area contributed by atoms with Gasteiger partial charge >= 0.3 is 5.97 Å². The molecular formula is C15H15N3O4. The Bertz CT molecular complexity index is 827. The topological polar surface area (TPSA) is 92.0 Å². The molecule has 1 fully saturated rings. The number of fused-ring (bicyclic) bond motifs is 1.